The van der Waals surface area contributed by atoms with Crippen LogP contribution in [0.15, 0.2) is 0 Å². The molecule has 0 amide bonds. The molecule has 0 aromatic heterocycles. The summed E-state index contributed by atoms with van der Waals surface area (Å²) >= 11 is 0. The lowest BCUT2D eigenvalue weighted by Gasteiger charge is -2.48. The Morgan fingerprint density at radius 1 is 1.32 bits per heavy atom. The highest BCUT2D eigenvalue weighted by atomic mass is 16.5. The van der Waals surface area contributed by atoms with E-state index in [0.717, 1.165) is 26.2 Å². The largest absolute Gasteiger partial charge is 0.481 e. The standard InChI is InChI=1S/C14H24N2O3/c17-13(18)3-5-16-10-14(11-16)4-6-15(9-14)8-12-2-1-7-19-12/h12H,1-11H2,(H,17,18). The fourth-order valence-electron chi connectivity index (χ4n) is 3.83. The van der Waals surface area contributed by atoms with Crippen molar-refractivity contribution in [2.75, 3.05) is 45.9 Å². The molecule has 1 N–H and O–H groups in total. The van der Waals surface area contributed by atoms with E-state index in [4.69, 9.17) is 9.84 Å². The smallest absolute Gasteiger partial charge is 0.304 e. The van der Waals surface area contributed by atoms with E-state index in [1.54, 1.807) is 0 Å². The molecule has 0 saturated carbocycles. The van der Waals surface area contributed by atoms with E-state index < -0.39 is 5.97 Å². The molecule has 3 rings (SSSR count). The molecule has 3 heterocycles. The Hall–Kier alpha value is -0.650. The quantitative estimate of drug-likeness (QED) is 0.793. The Labute approximate surface area is 114 Å². The van der Waals surface area contributed by atoms with Gasteiger partial charge in [0, 0.05) is 44.7 Å². The maximum Gasteiger partial charge on any atom is 0.304 e. The second-order valence-corrected chi connectivity index (χ2v) is 6.47. The van der Waals surface area contributed by atoms with Crippen molar-refractivity contribution in [3.8, 4) is 0 Å². The normalized spacial score (nSPS) is 30.8. The predicted molar refractivity (Wildman–Crippen MR) is 71.2 cm³/mol. The van der Waals surface area contributed by atoms with Crippen molar-refractivity contribution in [3.63, 3.8) is 0 Å². The second-order valence-electron chi connectivity index (χ2n) is 6.47. The summed E-state index contributed by atoms with van der Waals surface area (Å²) in [5, 5.41) is 8.69. The molecule has 3 saturated heterocycles. The van der Waals surface area contributed by atoms with Crippen molar-refractivity contribution >= 4 is 5.97 Å². The molecular weight excluding hydrogens is 244 g/mol. The van der Waals surface area contributed by atoms with Crippen LogP contribution in [0.3, 0.4) is 0 Å². The van der Waals surface area contributed by atoms with E-state index in [-0.39, 0.29) is 6.42 Å². The van der Waals surface area contributed by atoms with Gasteiger partial charge >= 0.3 is 5.97 Å². The van der Waals surface area contributed by atoms with Crippen molar-refractivity contribution in [1.29, 1.82) is 0 Å². The topological polar surface area (TPSA) is 53.0 Å². The van der Waals surface area contributed by atoms with Crippen LogP contribution >= 0.6 is 0 Å². The van der Waals surface area contributed by atoms with E-state index in [2.05, 4.69) is 9.80 Å². The average molecular weight is 268 g/mol. The molecule has 0 aliphatic carbocycles. The lowest BCUT2D eigenvalue weighted by Crippen LogP contribution is -2.57. The van der Waals surface area contributed by atoms with Crippen molar-refractivity contribution in [1.82, 2.24) is 9.80 Å². The first kappa shape index (κ1) is 13.3. The summed E-state index contributed by atoms with van der Waals surface area (Å²) in [6.45, 7) is 7.28. The van der Waals surface area contributed by atoms with Crippen molar-refractivity contribution in [2.45, 2.75) is 31.8 Å². The molecule has 1 atom stereocenters. The third-order valence-corrected chi connectivity index (χ3v) is 4.76. The predicted octanol–water partition coefficient (Wildman–Crippen LogP) is 0.648. The molecule has 5 nitrogen and oxygen atoms in total. The van der Waals surface area contributed by atoms with Gasteiger partial charge in [-0.15, -0.1) is 0 Å². The van der Waals surface area contributed by atoms with Crippen LogP contribution in [0.5, 0.6) is 0 Å². The number of carboxylic acid groups (broad SMARTS) is 1. The summed E-state index contributed by atoms with van der Waals surface area (Å²) in [7, 11) is 0. The first-order valence-corrected chi connectivity index (χ1v) is 7.43. The molecule has 108 valence electrons. The van der Waals surface area contributed by atoms with Gasteiger partial charge in [0.25, 0.3) is 0 Å². The number of hydrogen-bond donors (Lipinski definition) is 1. The molecule has 1 unspecified atom stereocenters. The molecule has 3 aliphatic rings. The lowest BCUT2D eigenvalue weighted by atomic mass is 9.79. The molecule has 0 bridgehead atoms. The van der Waals surface area contributed by atoms with Gasteiger partial charge in [0.1, 0.15) is 0 Å². The van der Waals surface area contributed by atoms with Gasteiger partial charge in [0.2, 0.25) is 0 Å². The molecule has 5 heteroatoms. The van der Waals surface area contributed by atoms with Crippen LogP contribution in [0.4, 0.5) is 0 Å². The van der Waals surface area contributed by atoms with Crippen LogP contribution in [0.25, 0.3) is 0 Å². The highest BCUT2D eigenvalue weighted by molar-refractivity contribution is 5.66. The van der Waals surface area contributed by atoms with E-state index in [9.17, 15) is 4.79 Å². The number of carboxylic acids is 1. The summed E-state index contributed by atoms with van der Waals surface area (Å²) in [4.78, 5) is 15.4. The zero-order valence-corrected chi connectivity index (χ0v) is 11.5. The van der Waals surface area contributed by atoms with Gasteiger partial charge in [0.05, 0.1) is 12.5 Å². The summed E-state index contributed by atoms with van der Waals surface area (Å²) in [6, 6.07) is 0. The van der Waals surface area contributed by atoms with Gasteiger partial charge in [-0.2, -0.15) is 0 Å². The van der Waals surface area contributed by atoms with E-state index >= 15 is 0 Å². The van der Waals surface area contributed by atoms with Crippen LogP contribution in [-0.2, 0) is 9.53 Å². The Bertz CT molecular complexity index is 336. The number of likely N-dealkylation sites (tertiary alicyclic amines) is 2. The number of ether oxygens (including phenoxy) is 1. The van der Waals surface area contributed by atoms with Crippen molar-refractivity contribution in [3.05, 3.63) is 0 Å². The Kier molecular flexibility index (Phi) is 3.78. The summed E-state index contributed by atoms with van der Waals surface area (Å²) in [5.41, 5.74) is 0.455. The SMILES string of the molecule is O=C(O)CCN1CC2(CCN(CC3CCCO3)C2)C1. The zero-order chi connectivity index (χ0) is 13.3. The van der Waals surface area contributed by atoms with Crippen molar-refractivity contribution in [2.24, 2.45) is 5.41 Å². The molecule has 0 radical (unpaired) electrons. The molecule has 0 aromatic carbocycles. The van der Waals surface area contributed by atoms with Gasteiger partial charge in [-0.3, -0.25) is 4.79 Å². The number of hydrogen-bond acceptors (Lipinski definition) is 4. The first-order chi connectivity index (χ1) is 9.15. The number of carbonyl (C=O) groups is 1. The van der Waals surface area contributed by atoms with Crippen LogP contribution in [-0.4, -0.2) is 72.9 Å². The lowest BCUT2D eigenvalue weighted by molar-refractivity contribution is -0.138. The molecular formula is C14H24N2O3. The third-order valence-electron chi connectivity index (χ3n) is 4.76. The molecule has 3 fully saturated rings. The maximum absolute atomic E-state index is 10.6. The van der Waals surface area contributed by atoms with Crippen molar-refractivity contribution < 1.29 is 14.6 Å². The minimum Gasteiger partial charge on any atom is -0.481 e. The van der Waals surface area contributed by atoms with Gasteiger partial charge in [-0.05, 0) is 25.8 Å². The van der Waals surface area contributed by atoms with Crippen LogP contribution in [0.1, 0.15) is 25.7 Å². The minimum atomic E-state index is -0.688. The fraction of sp³-hybridized carbons (Fsp3) is 0.929. The summed E-state index contributed by atoms with van der Waals surface area (Å²) in [5.74, 6) is -0.688. The summed E-state index contributed by atoms with van der Waals surface area (Å²) in [6.07, 6.45) is 4.43. The Balaban J connectivity index is 1.39. The average Bonchev–Trinajstić information content (AvgIpc) is 2.95. The van der Waals surface area contributed by atoms with Crippen LogP contribution in [0.2, 0.25) is 0 Å². The van der Waals surface area contributed by atoms with Gasteiger partial charge < -0.3 is 19.6 Å². The molecule has 1 spiro atoms. The first-order valence-electron chi connectivity index (χ1n) is 7.43. The van der Waals surface area contributed by atoms with Gasteiger partial charge in [0.15, 0.2) is 0 Å². The highest BCUT2D eigenvalue weighted by Crippen LogP contribution is 2.39. The second kappa shape index (κ2) is 5.38. The maximum atomic E-state index is 10.6. The monoisotopic (exact) mass is 268 g/mol. The van der Waals surface area contributed by atoms with Gasteiger partial charge in [-0.1, -0.05) is 0 Å². The number of rotatable bonds is 5. The molecule has 19 heavy (non-hydrogen) atoms. The zero-order valence-electron chi connectivity index (χ0n) is 11.5. The van der Waals surface area contributed by atoms with E-state index in [0.29, 0.717) is 18.1 Å². The summed E-state index contributed by atoms with van der Waals surface area (Å²) < 4.78 is 5.70. The Morgan fingerprint density at radius 3 is 2.79 bits per heavy atom. The van der Waals surface area contributed by atoms with Gasteiger partial charge in [-0.25, -0.2) is 0 Å². The fourth-order valence-corrected chi connectivity index (χ4v) is 3.83. The Morgan fingerprint density at radius 2 is 2.11 bits per heavy atom. The van der Waals surface area contributed by atoms with E-state index in [1.165, 1.54) is 32.4 Å². The third kappa shape index (κ3) is 3.09. The van der Waals surface area contributed by atoms with E-state index in [1.807, 2.05) is 0 Å². The highest BCUT2D eigenvalue weighted by Gasteiger charge is 2.47. The minimum absolute atomic E-state index is 0.274. The molecule has 3 aliphatic heterocycles. The number of nitrogens with zero attached hydrogens (tertiary/aromatic N) is 2. The van der Waals surface area contributed by atoms with Crippen LogP contribution in [0, 0.1) is 5.41 Å². The molecule has 0 aromatic rings. The number of aliphatic carboxylic acids is 1. The van der Waals surface area contributed by atoms with Crippen LogP contribution < -0.4 is 0 Å².